The number of aliphatic hydroxyl groups is 1. The van der Waals surface area contributed by atoms with Crippen molar-refractivity contribution in [3.63, 3.8) is 0 Å². The van der Waals surface area contributed by atoms with Gasteiger partial charge in [-0.2, -0.15) is 0 Å². The normalized spacial score (nSPS) is 13.3. The summed E-state index contributed by atoms with van der Waals surface area (Å²) >= 11 is 0. The summed E-state index contributed by atoms with van der Waals surface area (Å²) < 4.78 is 18.5. The molecule has 1 aromatic rings. The monoisotopic (exact) mass is 448 g/mol. The second-order valence-corrected chi connectivity index (χ2v) is 7.59. The summed E-state index contributed by atoms with van der Waals surface area (Å²) in [5, 5.41) is 14.0. The van der Waals surface area contributed by atoms with Crippen molar-refractivity contribution in [2.45, 2.75) is 38.6 Å². The number of hydrogen-bond acceptors (Lipinski definition) is 5. The summed E-state index contributed by atoms with van der Waals surface area (Å²) in [5.74, 6) is -2.54. The van der Waals surface area contributed by atoms with Gasteiger partial charge in [-0.3, -0.25) is 14.4 Å². The Kier molecular flexibility index (Phi) is 12.6. The van der Waals surface area contributed by atoms with Crippen LogP contribution in [0.1, 0.15) is 31.7 Å². The molecule has 0 aromatic heterocycles. The van der Waals surface area contributed by atoms with Crippen LogP contribution in [-0.4, -0.2) is 48.7 Å². The van der Waals surface area contributed by atoms with Gasteiger partial charge in [0.1, 0.15) is 12.4 Å². The minimum atomic E-state index is -0.615. The Morgan fingerprint density at radius 1 is 1.12 bits per heavy atom. The molecule has 0 unspecified atom stereocenters. The number of rotatable bonds is 15. The lowest BCUT2D eigenvalue weighted by Crippen LogP contribution is -2.42. The molecule has 3 atom stereocenters. The minimum absolute atomic E-state index is 0.0286. The second kappa shape index (κ2) is 14.9. The number of esters is 1. The summed E-state index contributed by atoms with van der Waals surface area (Å²) in [6.07, 6.45) is 4.25. The van der Waals surface area contributed by atoms with E-state index in [9.17, 15) is 18.8 Å². The number of carbonyl (C=O) groups is 3. The summed E-state index contributed by atoms with van der Waals surface area (Å²) in [6, 6.07) is 5.46. The van der Waals surface area contributed by atoms with E-state index in [1.165, 1.54) is 12.1 Å². The first-order valence-electron chi connectivity index (χ1n) is 10.6. The topological polar surface area (TPSA) is 105 Å². The number of hydrogen-bond donors (Lipinski definition) is 3. The Bertz CT molecular complexity index is 766. The fraction of sp³-hybridized carbons (Fsp3) is 0.458. The minimum Gasteiger partial charge on any atom is -0.463 e. The van der Waals surface area contributed by atoms with Crippen molar-refractivity contribution in [1.29, 1.82) is 0 Å². The number of amides is 2. The number of carbonyl (C=O) groups excluding carboxylic acids is 3. The van der Waals surface area contributed by atoms with E-state index >= 15 is 0 Å². The smallest absolute Gasteiger partial charge is 0.309 e. The zero-order valence-corrected chi connectivity index (χ0v) is 18.5. The van der Waals surface area contributed by atoms with Gasteiger partial charge in [0.15, 0.2) is 0 Å². The van der Waals surface area contributed by atoms with Crippen LogP contribution in [0, 0.1) is 17.7 Å². The van der Waals surface area contributed by atoms with Crippen molar-refractivity contribution in [2.24, 2.45) is 11.8 Å². The highest BCUT2D eigenvalue weighted by Gasteiger charge is 2.24. The fourth-order valence-corrected chi connectivity index (χ4v) is 3.07. The Morgan fingerprint density at radius 2 is 1.75 bits per heavy atom. The van der Waals surface area contributed by atoms with Crippen LogP contribution < -0.4 is 10.6 Å². The van der Waals surface area contributed by atoms with Crippen LogP contribution in [0.25, 0.3) is 0 Å². The van der Waals surface area contributed by atoms with E-state index in [1.54, 1.807) is 31.2 Å². The maximum absolute atomic E-state index is 13.1. The Balaban J connectivity index is 2.58. The highest BCUT2D eigenvalue weighted by Crippen LogP contribution is 2.16. The van der Waals surface area contributed by atoms with Crippen molar-refractivity contribution in [3.8, 4) is 0 Å². The maximum atomic E-state index is 13.1. The van der Waals surface area contributed by atoms with E-state index in [-0.39, 0.29) is 43.8 Å². The Hall–Kier alpha value is -3.00. The van der Waals surface area contributed by atoms with Gasteiger partial charge < -0.3 is 20.5 Å². The van der Waals surface area contributed by atoms with E-state index in [0.717, 1.165) is 5.56 Å². The predicted molar refractivity (Wildman–Crippen MR) is 120 cm³/mol. The van der Waals surface area contributed by atoms with Crippen molar-refractivity contribution < 1.29 is 28.6 Å². The van der Waals surface area contributed by atoms with Gasteiger partial charge in [0.05, 0.1) is 24.5 Å². The molecular formula is C24H33FN2O5. The number of allylic oxidation sites excluding steroid dienone is 2. The van der Waals surface area contributed by atoms with Crippen LogP contribution in [0.2, 0.25) is 0 Å². The third kappa shape index (κ3) is 10.3. The van der Waals surface area contributed by atoms with Crippen molar-refractivity contribution in [1.82, 2.24) is 10.6 Å². The lowest BCUT2D eigenvalue weighted by Gasteiger charge is -2.21. The first kappa shape index (κ1) is 27.0. The van der Waals surface area contributed by atoms with E-state index in [2.05, 4.69) is 23.8 Å². The van der Waals surface area contributed by atoms with Crippen LogP contribution in [0.5, 0.6) is 0 Å². The number of ether oxygens (including phenoxy) is 1. The molecule has 0 heterocycles. The van der Waals surface area contributed by atoms with Crippen LogP contribution in [0.4, 0.5) is 4.39 Å². The average Bonchev–Trinajstić information content (AvgIpc) is 2.76. The number of halogens is 1. The fourth-order valence-electron chi connectivity index (χ4n) is 3.07. The van der Waals surface area contributed by atoms with E-state index in [4.69, 9.17) is 9.84 Å². The van der Waals surface area contributed by atoms with Gasteiger partial charge in [-0.05, 0) is 43.9 Å². The van der Waals surface area contributed by atoms with Crippen molar-refractivity contribution in [2.75, 3.05) is 19.8 Å². The molecule has 32 heavy (non-hydrogen) atoms. The van der Waals surface area contributed by atoms with E-state index in [1.807, 2.05) is 0 Å². The molecular weight excluding hydrogens is 415 g/mol. The number of aliphatic hydroxyl groups excluding tert-OH is 1. The molecule has 176 valence electrons. The van der Waals surface area contributed by atoms with Gasteiger partial charge in [-0.1, -0.05) is 24.3 Å². The molecule has 0 saturated carbocycles. The van der Waals surface area contributed by atoms with Gasteiger partial charge in [-0.15, -0.1) is 13.2 Å². The zero-order chi connectivity index (χ0) is 23.9. The zero-order valence-electron chi connectivity index (χ0n) is 18.5. The summed E-state index contributed by atoms with van der Waals surface area (Å²) in [5.41, 5.74) is 0.809. The van der Waals surface area contributed by atoms with E-state index < -0.39 is 23.8 Å². The molecule has 0 aliphatic rings. The van der Waals surface area contributed by atoms with Crippen LogP contribution >= 0.6 is 0 Å². The summed E-state index contributed by atoms with van der Waals surface area (Å²) in [7, 11) is 0. The Labute approximate surface area is 188 Å². The molecule has 0 saturated heterocycles. The number of nitrogens with one attached hydrogen (secondary N) is 2. The summed E-state index contributed by atoms with van der Waals surface area (Å²) in [4.78, 5) is 36.9. The maximum Gasteiger partial charge on any atom is 0.309 e. The van der Waals surface area contributed by atoms with Crippen molar-refractivity contribution in [3.05, 3.63) is 61.0 Å². The molecule has 0 bridgehead atoms. The summed E-state index contributed by atoms with van der Waals surface area (Å²) in [6.45, 7) is 8.90. The van der Waals surface area contributed by atoms with Gasteiger partial charge in [-0.25, -0.2) is 4.39 Å². The van der Waals surface area contributed by atoms with Crippen molar-refractivity contribution >= 4 is 17.8 Å². The predicted octanol–water partition coefficient (Wildman–Crippen LogP) is 2.30. The SMILES string of the molecule is C=CC[C@@H](CC(=O)NCCO)C(=O)N[C@@H](C)COC(=O)[C@@H](CC=C)Cc1ccc(F)cc1. The molecule has 0 spiro atoms. The first-order valence-corrected chi connectivity index (χ1v) is 10.6. The molecule has 0 fully saturated rings. The molecule has 0 radical (unpaired) electrons. The van der Waals surface area contributed by atoms with E-state index in [0.29, 0.717) is 19.3 Å². The highest BCUT2D eigenvalue weighted by molar-refractivity contribution is 5.86. The average molecular weight is 449 g/mol. The van der Waals surface area contributed by atoms with Gasteiger partial charge in [0.25, 0.3) is 0 Å². The standard InChI is InChI=1S/C24H33FN2O5/c1-4-6-19(15-22(29)26-12-13-28)23(30)27-17(3)16-32-24(31)20(7-5-2)14-18-8-10-21(25)11-9-18/h4-5,8-11,17,19-20,28H,1-2,6-7,12-16H2,3H3,(H,26,29)(H,27,30)/t17-,19-,20-/m0/s1. The van der Waals surface area contributed by atoms with Crippen LogP contribution in [-0.2, 0) is 25.5 Å². The Morgan fingerprint density at radius 3 is 2.34 bits per heavy atom. The van der Waals surface area contributed by atoms with Gasteiger partial charge in [0, 0.05) is 13.0 Å². The molecule has 3 N–H and O–H groups in total. The molecule has 0 aliphatic carbocycles. The van der Waals surface area contributed by atoms with Crippen LogP contribution in [0.15, 0.2) is 49.6 Å². The first-order chi connectivity index (χ1) is 15.3. The second-order valence-electron chi connectivity index (χ2n) is 7.59. The number of benzene rings is 1. The largest absolute Gasteiger partial charge is 0.463 e. The highest BCUT2D eigenvalue weighted by atomic mass is 19.1. The third-order valence-corrected chi connectivity index (χ3v) is 4.73. The third-order valence-electron chi connectivity index (χ3n) is 4.73. The molecule has 2 amide bonds. The van der Waals surface area contributed by atoms with Gasteiger partial charge >= 0.3 is 5.97 Å². The lowest BCUT2D eigenvalue weighted by molar-refractivity contribution is -0.149. The van der Waals surface area contributed by atoms with Gasteiger partial charge in [0.2, 0.25) is 11.8 Å². The lowest BCUT2D eigenvalue weighted by atomic mass is 9.96. The molecule has 7 nitrogen and oxygen atoms in total. The quantitative estimate of drug-likeness (QED) is 0.282. The molecule has 1 rings (SSSR count). The molecule has 0 aliphatic heterocycles. The molecule has 1 aromatic carbocycles. The van der Waals surface area contributed by atoms with Crippen LogP contribution in [0.3, 0.4) is 0 Å². The molecule has 8 heteroatoms.